The lowest BCUT2D eigenvalue weighted by atomic mass is 10.1. The van der Waals surface area contributed by atoms with E-state index < -0.39 is 16.0 Å². The number of carbonyl (C=O) groups is 1. The van der Waals surface area contributed by atoms with Crippen LogP contribution in [0.4, 0.5) is 5.69 Å². The molecule has 3 rings (SSSR count). The molecule has 128 valence electrons. The van der Waals surface area contributed by atoms with Crippen LogP contribution in [0.25, 0.3) is 10.8 Å². The second-order valence-corrected chi connectivity index (χ2v) is 7.33. The molecule has 5 nitrogen and oxygen atoms in total. The molecule has 0 saturated heterocycles. The fraction of sp³-hybridized carbons (Fsp3) is 0.105. The lowest BCUT2D eigenvalue weighted by Gasteiger charge is -2.09. The van der Waals surface area contributed by atoms with Crippen molar-refractivity contribution < 1.29 is 17.9 Å². The normalized spacial score (nSPS) is 11.2. The molecule has 3 aromatic rings. The quantitative estimate of drug-likeness (QED) is 0.710. The first kappa shape index (κ1) is 17.0. The van der Waals surface area contributed by atoms with Crippen molar-refractivity contribution in [1.29, 1.82) is 0 Å². The minimum absolute atomic E-state index is 0.179. The van der Waals surface area contributed by atoms with Gasteiger partial charge in [0, 0.05) is 5.69 Å². The standard InChI is InChI=1S/C19H17NO4S/c1-24-19(21)16-8-6-14(7-9-16)13-25(22,23)20-18-11-10-15-4-2-3-5-17(15)12-18/h2-12,20H,13H2,1H3. The van der Waals surface area contributed by atoms with E-state index in [1.807, 2.05) is 30.3 Å². The average Bonchev–Trinajstić information content (AvgIpc) is 2.61. The molecule has 3 aromatic carbocycles. The number of fused-ring (bicyclic) bond motifs is 1. The van der Waals surface area contributed by atoms with Crippen LogP contribution in [0.2, 0.25) is 0 Å². The largest absolute Gasteiger partial charge is 0.465 e. The minimum atomic E-state index is -3.56. The van der Waals surface area contributed by atoms with Crippen molar-refractivity contribution in [3.05, 3.63) is 77.9 Å². The third kappa shape index (κ3) is 4.16. The van der Waals surface area contributed by atoms with Gasteiger partial charge in [-0.2, -0.15) is 0 Å². The molecule has 25 heavy (non-hydrogen) atoms. The Balaban J connectivity index is 1.75. The van der Waals surface area contributed by atoms with Gasteiger partial charge < -0.3 is 4.74 Å². The summed E-state index contributed by atoms with van der Waals surface area (Å²) in [6.45, 7) is 0. The molecular weight excluding hydrogens is 338 g/mol. The molecule has 0 bridgehead atoms. The lowest BCUT2D eigenvalue weighted by molar-refractivity contribution is 0.0600. The number of hydrogen-bond donors (Lipinski definition) is 1. The molecule has 0 aliphatic carbocycles. The second-order valence-electron chi connectivity index (χ2n) is 5.61. The van der Waals surface area contributed by atoms with Crippen molar-refractivity contribution in [2.24, 2.45) is 0 Å². The van der Waals surface area contributed by atoms with Gasteiger partial charge in [0.15, 0.2) is 0 Å². The molecule has 0 aliphatic heterocycles. The number of methoxy groups -OCH3 is 1. The van der Waals surface area contributed by atoms with E-state index in [4.69, 9.17) is 0 Å². The van der Waals surface area contributed by atoms with Gasteiger partial charge in [-0.25, -0.2) is 13.2 Å². The van der Waals surface area contributed by atoms with E-state index in [-0.39, 0.29) is 5.75 Å². The number of hydrogen-bond acceptors (Lipinski definition) is 4. The average molecular weight is 355 g/mol. The summed E-state index contributed by atoms with van der Waals surface area (Å²) in [5, 5.41) is 2.01. The van der Waals surface area contributed by atoms with Gasteiger partial charge in [0.2, 0.25) is 10.0 Å². The van der Waals surface area contributed by atoms with Crippen molar-refractivity contribution in [2.75, 3.05) is 11.8 Å². The van der Waals surface area contributed by atoms with E-state index in [0.717, 1.165) is 10.8 Å². The summed E-state index contributed by atoms with van der Waals surface area (Å²) in [5.41, 5.74) is 1.48. The van der Waals surface area contributed by atoms with Crippen molar-refractivity contribution in [2.45, 2.75) is 5.75 Å². The Hall–Kier alpha value is -2.86. The first-order chi connectivity index (χ1) is 12.0. The Morgan fingerprint density at radius 1 is 0.960 bits per heavy atom. The molecule has 0 fully saturated rings. The smallest absolute Gasteiger partial charge is 0.337 e. The third-order valence-corrected chi connectivity index (χ3v) is 5.01. The van der Waals surface area contributed by atoms with Gasteiger partial charge in [0.05, 0.1) is 18.4 Å². The van der Waals surface area contributed by atoms with Gasteiger partial charge in [-0.15, -0.1) is 0 Å². The molecule has 0 aliphatic rings. The predicted molar refractivity (Wildman–Crippen MR) is 98.0 cm³/mol. The van der Waals surface area contributed by atoms with E-state index in [1.165, 1.54) is 7.11 Å². The highest BCUT2D eigenvalue weighted by atomic mass is 32.2. The van der Waals surface area contributed by atoms with Gasteiger partial charge in [0.25, 0.3) is 0 Å². The Morgan fingerprint density at radius 3 is 2.32 bits per heavy atom. The van der Waals surface area contributed by atoms with E-state index in [0.29, 0.717) is 16.8 Å². The van der Waals surface area contributed by atoms with Gasteiger partial charge in [-0.1, -0.05) is 42.5 Å². The van der Waals surface area contributed by atoms with Crippen LogP contribution in [0.15, 0.2) is 66.7 Å². The van der Waals surface area contributed by atoms with Crippen molar-refractivity contribution >= 4 is 32.5 Å². The molecule has 6 heteroatoms. The fourth-order valence-corrected chi connectivity index (χ4v) is 3.73. The molecule has 0 unspecified atom stereocenters. The summed E-state index contributed by atoms with van der Waals surface area (Å²) in [7, 11) is -2.26. The summed E-state index contributed by atoms with van der Waals surface area (Å²) >= 11 is 0. The first-order valence-electron chi connectivity index (χ1n) is 7.63. The highest BCUT2D eigenvalue weighted by Gasteiger charge is 2.13. The number of nitrogens with one attached hydrogen (secondary N) is 1. The molecule has 0 atom stereocenters. The van der Waals surface area contributed by atoms with Crippen molar-refractivity contribution in [3.8, 4) is 0 Å². The Morgan fingerprint density at radius 2 is 1.64 bits per heavy atom. The van der Waals surface area contributed by atoms with Crippen LogP contribution in [0.3, 0.4) is 0 Å². The first-order valence-corrected chi connectivity index (χ1v) is 9.29. The number of esters is 1. The molecular formula is C19H17NO4S. The van der Waals surface area contributed by atoms with Crippen LogP contribution in [0, 0.1) is 0 Å². The van der Waals surface area contributed by atoms with E-state index in [2.05, 4.69) is 9.46 Å². The van der Waals surface area contributed by atoms with Crippen molar-refractivity contribution in [3.63, 3.8) is 0 Å². The van der Waals surface area contributed by atoms with E-state index in [1.54, 1.807) is 36.4 Å². The minimum Gasteiger partial charge on any atom is -0.465 e. The van der Waals surface area contributed by atoms with Crippen LogP contribution in [0.5, 0.6) is 0 Å². The van der Waals surface area contributed by atoms with Crippen molar-refractivity contribution in [1.82, 2.24) is 0 Å². The highest BCUT2D eigenvalue weighted by Crippen LogP contribution is 2.20. The fourth-order valence-electron chi connectivity index (χ4n) is 2.54. The predicted octanol–water partition coefficient (Wildman–Crippen LogP) is 3.57. The number of carbonyl (C=O) groups excluding carboxylic acids is 1. The maximum Gasteiger partial charge on any atom is 0.337 e. The van der Waals surface area contributed by atoms with Gasteiger partial charge in [-0.05, 0) is 40.6 Å². The highest BCUT2D eigenvalue weighted by molar-refractivity contribution is 7.91. The number of sulfonamides is 1. The Kier molecular flexibility index (Phi) is 4.72. The van der Waals surface area contributed by atoms with Gasteiger partial charge in [-0.3, -0.25) is 4.72 Å². The van der Waals surface area contributed by atoms with Crippen LogP contribution in [-0.2, 0) is 20.5 Å². The molecule has 0 saturated carbocycles. The molecule has 0 heterocycles. The maximum atomic E-state index is 12.4. The van der Waals surface area contributed by atoms with E-state index >= 15 is 0 Å². The Bertz CT molecular complexity index is 1010. The third-order valence-electron chi connectivity index (χ3n) is 3.75. The van der Waals surface area contributed by atoms with Crippen LogP contribution < -0.4 is 4.72 Å². The van der Waals surface area contributed by atoms with Gasteiger partial charge in [0.1, 0.15) is 0 Å². The summed E-state index contributed by atoms with van der Waals surface area (Å²) in [6.07, 6.45) is 0. The van der Waals surface area contributed by atoms with Crippen LogP contribution >= 0.6 is 0 Å². The molecule has 1 N–H and O–H groups in total. The molecule has 0 radical (unpaired) electrons. The topological polar surface area (TPSA) is 72.5 Å². The summed E-state index contributed by atoms with van der Waals surface area (Å²) < 4.78 is 32.0. The van der Waals surface area contributed by atoms with E-state index in [9.17, 15) is 13.2 Å². The maximum absolute atomic E-state index is 12.4. The molecule has 0 spiro atoms. The summed E-state index contributed by atoms with van der Waals surface area (Å²) in [4.78, 5) is 11.4. The second kappa shape index (κ2) is 6.94. The van der Waals surface area contributed by atoms with Crippen LogP contribution in [-0.4, -0.2) is 21.5 Å². The van der Waals surface area contributed by atoms with Gasteiger partial charge >= 0.3 is 5.97 Å². The number of ether oxygens (including phenoxy) is 1. The monoisotopic (exact) mass is 355 g/mol. The molecule has 0 amide bonds. The van der Waals surface area contributed by atoms with Crippen LogP contribution in [0.1, 0.15) is 15.9 Å². The number of rotatable bonds is 5. The SMILES string of the molecule is COC(=O)c1ccc(CS(=O)(=O)Nc2ccc3ccccc3c2)cc1. The number of benzene rings is 3. The number of anilines is 1. The zero-order valence-corrected chi connectivity index (χ0v) is 14.4. The zero-order chi connectivity index (χ0) is 17.9. The Labute approximate surface area is 146 Å². The summed E-state index contributed by atoms with van der Waals surface area (Å²) in [5.74, 6) is -0.634. The zero-order valence-electron chi connectivity index (χ0n) is 13.6. The molecule has 0 aromatic heterocycles. The summed E-state index contributed by atoms with van der Waals surface area (Å²) in [6, 6.07) is 19.5. The lowest BCUT2D eigenvalue weighted by Crippen LogP contribution is -2.15.